The van der Waals surface area contributed by atoms with Crippen LogP contribution in [0, 0.1) is 5.92 Å². The first-order chi connectivity index (χ1) is 16.2. The third kappa shape index (κ3) is 4.49. The Morgan fingerprint density at radius 2 is 1.24 bits per heavy atom. The van der Waals surface area contributed by atoms with Crippen LogP contribution in [0.5, 0.6) is 0 Å². The van der Waals surface area contributed by atoms with Gasteiger partial charge in [0, 0.05) is 0 Å². The molecule has 4 rings (SSSR count). The molecule has 1 atom stereocenters. The topological polar surface area (TPSA) is 75.7 Å². The van der Waals surface area contributed by atoms with Crippen molar-refractivity contribution >= 4 is 34.9 Å². The van der Waals surface area contributed by atoms with Gasteiger partial charge < -0.3 is 14.6 Å². The van der Waals surface area contributed by atoms with Gasteiger partial charge in [-0.2, -0.15) is 0 Å². The second-order valence-corrected chi connectivity index (χ2v) is 12.3. The van der Waals surface area contributed by atoms with Crippen LogP contribution in [0.15, 0.2) is 103 Å². The lowest BCUT2D eigenvalue weighted by Crippen LogP contribution is -2.45. The summed E-state index contributed by atoms with van der Waals surface area (Å²) in [5.41, 5.74) is -0.237. The zero-order chi connectivity index (χ0) is 24.3. The SMILES string of the molecule is CC(=O)C(C[P+](c1ccccc1)(c1ccccc1)c1ccccc1)C1=C([O-])OC(C)(C)OC1=O. The van der Waals surface area contributed by atoms with Gasteiger partial charge >= 0.3 is 5.97 Å². The van der Waals surface area contributed by atoms with Crippen LogP contribution >= 0.6 is 7.26 Å². The van der Waals surface area contributed by atoms with E-state index in [-0.39, 0.29) is 17.5 Å². The molecule has 3 aromatic carbocycles. The van der Waals surface area contributed by atoms with Gasteiger partial charge in [-0.1, -0.05) is 54.6 Å². The van der Waals surface area contributed by atoms with Gasteiger partial charge in [-0.05, 0) is 57.2 Å². The third-order valence-electron chi connectivity index (χ3n) is 6.00. The van der Waals surface area contributed by atoms with Crippen LogP contribution in [0.3, 0.4) is 0 Å². The van der Waals surface area contributed by atoms with Gasteiger partial charge in [0.05, 0.1) is 23.6 Å². The van der Waals surface area contributed by atoms with Crippen molar-refractivity contribution in [2.45, 2.75) is 26.6 Å². The summed E-state index contributed by atoms with van der Waals surface area (Å²) in [6, 6.07) is 30.0. The van der Waals surface area contributed by atoms with Crippen molar-refractivity contribution in [2.24, 2.45) is 5.92 Å². The highest BCUT2D eigenvalue weighted by molar-refractivity contribution is 7.95. The van der Waals surface area contributed by atoms with Gasteiger partial charge in [-0.25, -0.2) is 4.79 Å². The number of Topliss-reactive ketones (excluding diaryl/α,β-unsaturated/α-hetero) is 1. The molecule has 0 fully saturated rings. The molecule has 34 heavy (non-hydrogen) atoms. The first kappa shape index (κ1) is 23.7. The fourth-order valence-electron chi connectivity index (χ4n) is 4.45. The standard InChI is InChI=1S/C28H27O5P/c1-20(29)24(25-26(30)32-28(2,3)33-27(25)31)19-34(21-13-7-4-8-14-21,22-15-9-5-10-16-22)23-17-11-6-12-18-23/h4-18,24H,19H2,1-3H3. The lowest BCUT2D eigenvalue weighted by Gasteiger charge is -2.41. The van der Waals surface area contributed by atoms with Crippen LogP contribution in [0.25, 0.3) is 0 Å². The molecule has 0 radical (unpaired) electrons. The Kier molecular flexibility index (Phi) is 6.58. The quantitative estimate of drug-likeness (QED) is 0.389. The predicted molar refractivity (Wildman–Crippen MR) is 132 cm³/mol. The van der Waals surface area contributed by atoms with Gasteiger partial charge in [0.1, 0.15) is 29.0 Å². The van der Waals surface area contributed by atoms with E-state index in [0.29, 0.717) is 0 Å². The highest BCUT2D eigenvalue weighted by Crippen LogP contribution is 2.57. The van der Waals surface area contributed by atoms with Crippen LogP contribution in [0.2, 0.25) is 0 Å². The van der Waals surface area contributed by atoms with E-state index in [1.165, 1.54) is 20.8 Å². The Morgan fingerprint density at radius 1 is 0.824 bits per heavy atom. The number of ether oxygens (including phenoxy) is 2. The van der Waals surface area contributed by atoms with Crippen molar-refractivity contribution in [3.63, 3.8) is 0 Å². The molecule has 0 aliphatic carbocycles. The van der Waals surface area contributed by atoms with Crippen LogP contribution in [-0.4, -0.2) is 23.7 Å². The molecule has 1 aliphatic rings. The van der Waals surface area contributed by atoms with E-state index in [1.807, 2.05) is 54.6 Å². The minimum absolute atomic E-state index is 0.237. The molecule has 0 saturated heterocycles. The van der Waals surface area contributed by atoms with Gasteiger partial charge in [0.15, 0.2) is 5.79 Å². The number of ketones is 1. The molecule has 0 amide bonds. The molecule has 1 heterocycles. The molecular formula is C28H27O5P. The van der Waals surface area contributed by atoms with E-state index in [2.05, 4.69) is 36.4 Å². The largest absolute Gasteiger partial charge is 0.575 e. The highest BCUT2D eigenvalue weighted by Gasteiger charge is 2.50. The van der Waals surface area contributed by atoms with Gasteiger partial charge in [0.25, 0.3) is 0 Å². The van der Waals surface area contributed by atoms with Crippen molar-refractivity contribution in [3.8, 4) is 0 Å². The second kappa shape index (κ2) is 9.44. The maximum atomic E-state index is 13.0. The summed E-state index contributed by atoms with van der Waals surface area (Å²) in [5, 5.41) is 16.1. The molecule has 1 unspecified atom stereocenters. The summed E-state index contributed by atoms with van der Waals surface area (Å²) in [6.07, 6.45) is 0.264. The molecule has 3 aromatic rings. The Labute approximate surface area is 200 Å². The van der Waals surface area contributed by atoms with E-state index in [0.717, 1.165) is 15.9 Å². The van der Waals surface area contributed by atoms with E-state index in [9.17, 15) is 14.7 Å². The predicted octanol–water partition coefficient (Wildman–Crippen LogP) is 3.07. The Balaban J connectivity index is 1.97. The minimum atomic E-state index is -2.47. The van der Waals surface area contributed by atoms with Crippen molar-refractivity contribution in [1.29, 1.82) is 0 Å². The van der Waals surface area contributed by atoms with E-state index in [1.54, 1.807) is 0 Å². The normalized spacial score (nSPS) is 16.4. The van der Waals surface area contributed by atoms with Crippen LogP contribution in [0.4, 0.5) is 0 Å². The average molecular weight is 474 g/mol. The summed E-state index contributed by atoms with van der Waals surface area (Å²) in [6.45, 7) is 4.41. The van der Waals surface area contributed by atoms with E-state index >= 15 is 0 Å². The van der Waals surface area contributed by atoms with Crippen molar-refractivity contribution < 1.29 is 24.2 Å². The van der Waals surface area contributed by atoms with Gasteiger partial charge in [-0.3, -0.25) is 4.79 Å². The molecule has 0 saturated carbocycles. The van der Waals surface area contributed by atoms with Gasteiger partial charge in [0.2, 0.25) is 0 Å². The molecule has 174 valence electrons. The number of benzene rings is 3. The molecular weight excluding hydrogens is 447 g/mol. The maximum Gasteiger partial charge on any atom is 0.338 e. The molecule has 6 heteroatoms. The number of esters is 1. The monoisotopic (exact) mass is 474 g/mol. The lowest BCUT2D eigenvalue weighted by molar-refractivity contribution is -0.394. The Morgan fingerprint density at radius 3 is 1.59 bits per heavy atom. The number of cyclic esters (lactones) is 1. The third-order valence-corrected chi connectivity index (χ3v) is 10.5. The molecule has 0 N–H and O–H groups in total. The smallest absolute Gasteiger partial charge is 0.338 e. The molecule has 1 aliphatic heterocycles. The Bertz CT molecular complexity index is 1110. The Hall–Kier alpha value is -3.43. The van der Waals surface area contributed by atoms with Crippen LogP contribution < -0.4 is 21.0 Å². The van der Waals surface area contributed by atoms with Crippen molar-refractivity contribution in [1.82, 2.24) is 0 Å². The number of carbonyl (C=O) groups excluding carboxylic acids is 2. The van der Waals surface area contributed by atoms with Crippen molar-refractivity contribution in [2.75, 3.05) is 6.16 Å². The van der Waals surface area contributed by atoms with E-state index < -0.39 is 30.9 Å². The molecule has 0 bridgehead atoms. The lowest BCUT2D eigenvalue weighted by atomic mass is 9.97. The fourth-order valence-corrected chi connectivity index (χ4v) is 9.01. The highest BCUT2D eigenvalue weighted by atomic mass is 31.2. The number of rotatable bonds is 7. The van der Waals surface area contributed by atoms with Gasteiger partial charge in [-0.15, -0.1) is 0 Å². The number of hydrogen-bond donors (Lipinski definition) is 0. The first-order valence-electron chi connectivity index (χ1n) is 11.1. The summed E-state index contributed by atoms with van der Waals surface area (Å²) < 4.78 is 10.7. The van der Waals surface area contributed by atoms with Crippen molar-refractivity contribution in [3.05, 3.63) is 103 Å². The minimum Gasteiger partial charge on any atom is -0.575 e. The first-order valence-corrected chi connectivity index (χ1v) is 13.1. The maximum absolute atomic E-state index is 13.0. The summed E-state index contributed by atoms with van der Waals surface area (Å²) in [5.74, 6) is -4.23. The van der Waals surface area contributed by atoms with E-state index in [4.69, 9.17) is 9.47 Å². The summed E-state index contributed by atoms with van der Waals surface area (Å²) in [7, 11) is -2.47. The average Bonchev–Trinajstić information content (AvgIpc) is 2.82. The zero-order valence-electron chi connectivity index (χ0n) is 19.4. The second-order valence-electron chi connectivity index (χ2n) is 8.75. The molecule has 0 aromatic heterocycles. The van der Waals surface area contributed by atoms with Crippen LogP contribution in [-0.2, 0) is 19.1 Å². The molecule has 0 spiro atoms. The summed E-state index contributed by atoms with van der Waals surface area (Å²) >= 11 is 0. The molecule has 5 nitrogen and oxygen atoms in total. The zero-order valence-corrected chi connectivity index (χ0v) is 20.3. The number of hydrogen-bond acceptors (Lipinski definition) is 5. The summed E-state index contributed by atoms with van der Waals surface area (Å²) in [4.78, 5) is 26.0. The number of carbonyl (C=O) groups is 2. The fraction of sp³-hybridized carbons (Fsp3) is 0.214. The van der Waals surface area contributed by atoms with Crippen LogP contribution in [0.1, 0.15) is 20.8 Å².